The molecular formula is C17H22N2O. The van der Waals surface area contributed by atoms with Gasteiger partial charge < -0.3 is 10.3 Å². The fourth-order valence-corrected chi connectivity index (χ4v) is 3.01. The van der Waals surface area contributed by atoms with Gasteiger partial charge in [0.2, 0.25) is 0 Å². The molecule has 1 aromatic heterocycles. The van der Waals surface area contributed by atoms with Crippen LogP contribution in [0.1, 0.15) is 38.2 Å². The topological polar surface area (TPSA) is 44.9 Å². The molecule has 1 heterocycles. The summed E-state index contributed by atoms with van der Waals surface area (Å²) >= 11 is 0. The van der Waals surface area contributed by atoms with E-state index in [0.717, 1.165) is 23.0 Å². The van der Waals surface area contributed by atoms with Gasteiger partial charge in [-0.25, -0.2) is 0 Å². The second-order valence-electron chi connectivity index (χ2n) is 6.06. The van der Waals surface area contributed by atoms with Crippen molar-refractivity contribution in [2.45, 2.75) is 39.2 Å². The Bertz CT molecular complexity index is 655. The SMILES string of the molecule is CCCC1(CNCc2cc3ccccc3[nH]c2=O)CC1. The summed E-state index contributed by atoms with van der Waals surface area (Å²) in [5, 5.41) is 4.57. The van der Waals surface area contributed by atoms with Gasteiger partial charge in [0.05, 0.1) is 0 Å². The first-order chi connectivity index (χ1) is 9.72. The number of benzene rings is 1. The van der Waals surface area contributed by atoms with Crippen molar-refractivity contribution in [1.29, 1.82) is 0 Å². The molecule has 0 bridgehead atoms. The average Bonchev–Trinajstić information content (AvgIpc) is 3.20. The molecule has 2 N–H and O–H groups in total. The highest BCUT2D eigenvalue weighted by Gasteiger charge is 2.40. The van der Waals surface area contributed by atoms with Crippen LogP contribution in [0.2, 0.25) is 0 Å². The highest BCUT2D eigenvalue weighted by Crippen LogP contribution is 2.48. The van der Waals surface area contributed by atoms with Gasteiger partial charge >= 0.3 is 0 Å². The maximum atomic E-state index is 12.0. The Morgan fingerprint density at radius 1 is 1.30 bits per heavy atom. The highest BCUT2D eigenvalue weighted by atomic mass is 16.1. The zero-order valence-electron chi connectivity index (χ0n) is 12.0. The van der Waals surface area contributed by atoms with E-state index in [9.17, 15) is 4.79 Å². The molecule has 1 saturated carbocycles. The lowest BCUT2D eigenvalue weighted by atomic mass is 10.0. The van der Waals surface area contributed by atoms with Crippen molar-refractivity contribution in [3.63, 3.8) is 0 Å². The Kier molecular flexibility index (Phi) is 3.62. The predicted octanol–water partition coefficient (Wildman–Crippen LogP) is 3.20. The van der Waals surface area contributed by atoms with E-state index < -0.39 is 0 Å². The summed E-state index contributed by atoms with van der Waals surface area (Å²) in [6, 6.07) is 9.92. The lowest BCUT2D eigenvalue weighted by Gasteiger charge is -2.14. The van der Waals surface area contributed by atoms with Crippen LogP contribution in [0.5, 0.6) is 0 Å². The van der Waals surface area contributed by atoms with Crippen molar-refractivity contribution in [1.82, 2.24) is 10.3 Å². The van der Waals surface area contributed by atoms with Gasteiger partial charge in [0.1, 0.15) is 0 Å². The van der Waals surface area contributed by atoms with Gasteiger partial charge in [-0.3, -0.25) is 4.79 Å². The van der Waals surface area contributed by atoms with Crippen LogP contribution < -0.4 is 10.9 Å². The van der Waals surface area contributed by atoms with Crippen molar-refractivity contribution in [3.05, 3.63) is 46.2 Å². The van der Waals surface area contributed by atoms with E-state index >= 15 is 0 Å². The summed E-state index contributed by atoms with van der Waals surface area (Å²) in [5.41, 5.74) is 2.29. The molecule has 0 amide bonds. The zero-order chi connectivity index (χ0) is 14.0. The van der Waals surface area contributed by atoms with Gasteiger partial charge in [-0.05, 0) is 42.2 Å². The van der Waals surface area contributed by atoms with Crippen LogP contribution in [0.15, 0.2) is 35.1 Å². The first-order valence-electron chi connectivity index (χ1n) is 7.54. The molecule has 3 heteroatoms. The molecule has 106 valence electrons. The van der Waals surface area contributed by atoms with Crippen LogP contribution in [0.3, 0.4) is 0 Å². The van der Waals surface area contributed by atoms with Crippen molar-refractivity contribution >= 4 is 10.9 Å². The van der Waals surface area contributed by atoms with Gasteiger partial charge in [-0.15, -0.1) is 0 Å². The molecule has 0 atom stereocenters. The molecule has 0 aliphatic heterocycles. The molecule has 3 rings (SSSR count). The molecule has 1 aliphatic rings. The van der Waals surface area contributed by atoms with E-state index in [0.29, 0.717) is 12.0 Å². The van der Waals surface area contributed by atoms with E-state index in [-0.39, 0.29) is 5.56 Å². The number of aromatic nitrogens is 1. The lowest BCUT2D eigenvalue weighted by Crippen LogP contribution is -2.26. The monoisotopic (exact) mass is 270 g/mol. The second kappa shape index (κ2) is 5.41. The molecule has 1 fully saturated rings. The quantitative estimate of drug-likeness (QED) is 0.846. The van der Waals surface area contributed by atoms with E-state index in [1.54, 1.807) is 0 Å². The Hall–Kier alpha value is -1.61. The normalized spacial score (nSPS) is 16.4. The number of pyridine rings is 1. The molecule has 0 radical (unpaired) electrons. The number of aromatic amines is 1. The van der Waals surface area contributed by atoms with Gasteiger partial charge in [-0.1, -0.05) is 31.5 Å². The second-order valence-corrected chi connectivity index (χ2v) is 6.06. The van der Waals surface area contributed by atoms with Gasteiger partial charge in [0.15, 0.2) is 0 Å². The summed E-state index contributed by atoms with van der Waals surface area (Å²) in [7, 11) is 0. The molecule has 0 spiro atoms. The van der Waals surface area contributed by atoms with E-state index in [4.69, 9.17) is 0 Å². The Morgan fingerprint density at radius 2 is 2.10 bits per heavy atom. The maximum absolute atomic E-state index is 12.0. The fourth-order valence-electron chi connectivity index (χ4n) is 3.01. The van der Waals surface area contributed by atoms with E-state index in [2.05, 4.69) is 17.2 Å². The molecule has 0 saturated heterocycles. The fraction of sp³-hybridized carbons (Fsp3) is 0.471. The summed E-state index contributed by atoms with van der Waals surface area (Å²) < 4.78 is 0. The largest absolute Gasteiger partial charge is 0.322 e. The maximum Gasteiger partial charge on any atom is 0.252 e. The van der Waals surface area contributed by atoms with Crippen LogP contribution in [0.4, 0.5) is 0 Å². The Balaban J connectivity index is 1.68. The van der Waals surface area contributed by atoms with Crippen molar-refractivity contribution in [2.75, 3.05) is 6.54 Å². The number of H-pyrrole nitrogens is 1. The first kappa shape index (κ1) is 13.4. The molecule has 0 unspecified atom stereocenters. The molecule has 1 aliphatic carbocycles. The smallest absolute Gasteiger partial charge is 0.252 e. The summed E-state index contributed by atoms with van der Waals surface area (Å²) in [6.07, 6.45) is 5.22. The third kappa shape index (κ3) is 2.78. The van der Waals surface area contributed by atoms with Gasteiger partial charge in [0.25, 0.3) is 5.56 Å². The Morgan fingerprint density at radius 3 is 2.85 bits per heavy atom. The van der Waals surface area contributed by atoms with Crippen molar-refractivity contribution in [3.8, 4) is 0 Å². The van der Waals surface area contributed by atoms with Crippen molar-refractivity contribution < 1.29 is 0 Å². The molecular weight excluding hydrogens is 248 g/mol. The lowest BCUT2D eigenvalue weighted by molar-refractivity contribution is 0.420. The number of hydrogen-bond acceptors (Lipinski definition) is 2. The van der Waals surface area contributed by atoms with E-state index in [1.165, 1.54) is 25.7 Å². The van der Waals surface area contributed by atoms with E-state index in [1.807, 2.05) is 30.3 Å². The highest BCUT2D eigenvalue weighted by molar-refractivity contribution is 5.78. The number of fused-ring (bicyclic) bond motifs is 1. The predicted molar refractivity (Wildman–Crippen MR) is 82.9 cm³/mol. The minimum Gasteiger partial charge on any atom is -0.322 e. The Labute approximate surface area is 119 Å². The average molecular weight is 270 g/mol. The molecule has 2 aromatic rings. The standard InChI is InChI=1S/C17H22N2O/c1-2-7-17(8-9-17)12-18-11-14-10-13-5-3-4-6-15(13)19-16(14)20/h3-6,10,18H,2,7-9,11-12H2,1H3,(H,19,20). The molecule has 3 nitrogen and oxygen atoms in total. The van der Waals surface area contributed by atoms with Crippen LogP contribution in [-0.4, -0.2) is 11.5 Å². The number of rotatable bonds is 6. The zero-order valence-corrected chi connectivity index (χ0v) is 12.0. The van der Waals surface area contributed by atoms with Crippen LogP contribution in [-0.2, 0) is 6.54 Å². The number of para-hydroxylation sites is 1. The third-order valence-electron chi connectivity index (χ3n) is 4.38. The number of nitrogens with one attached hydrogen (secondary N) is 2. The van der Waals surface area contributed by atoms with Gasteiger partial charge in [-0.2, -0.15) is 0 Å². The minimum absolute atomic E-state index is 0.0246. The molecule has 20 heavy (non-hydrogen) atoms. The third-order valence-corrected chi connectivity index (χ3v) is 4.38. The molecule has 1 aromatic carbocycles. The minimum atomic E-state index is 0.0246. The van der Waals surface area contributed by atoms with Crippen LogP contribution in [0, 0.1) is 5.41 Å². The van der Waals surface area contributed by atoms with Crippen LogP contribution in [0.25, 0.3) is 10.9 Å². The van der Waals surface area contributed by atoms with Crippen LogP contribution >= 0.6 is 0 Å². The van der Waals surface area contributed by atoms with Gasteiger partial charge in [0, 0.05) is 24.2 Å². The summed E-state index contributed by atoms with van der Waals surface area (Å²) in [4.78, 5) is 15.0. The first-order valence-corrected chi connectivity index (χ1v) is 7.54. The number of hydrogen-bond donors (Lipinski definition) is 2. The summed E-state index contributed by atoms with van der Waals surface area (Å²) in [6.45, 7) is 3.94. The van der Waals surface area contributed by atoms with Crippen molar-refractivity contribution in [2.24, 2.45) is 5.41 Å². The summed E-state index contributed by atoms with van der Waals surface area (Å²) in [5.74, 6) is 0.